The summed E-state index contributed by atoms with van der Waals surface area (Å²) in [5.74, 6) is -0.567. The highest BCUT2D eigenvalue weighted by Gasteiger charge is 2.26. The lowest BCUT2D eigenvalue weighted by atomic mass is 9.98. The molecule has 1 unspecified atom stereocenters. The molecule has 3 N–H and O–H groups in total. The Bertz CT molecular complexity index is 919. The smallest absolute Gasteiger partial charge is 0.262 e. The van der Waals surface area contributed by atoms with Crippen molar-refractivity contribution in [1.82, 2.24) is 5.32 Å². The summed E-state index contributed by atoms with van der Waals surface area (Å²) in [5, 5.41) is 4.01. The number of aryl methyl sites for hydroxylation is 1. The van der Waals surface area contributed by atoms with Crippen LogP contribution in [0.25, 0.3) is 10.8 Å². The minimum atomic E-state index is -2.74. The van der Waals surface area contributed by atoms with E-state index in [0.717, 1.165) is 5.39 Å². The molecule has 0 saturated carbocycles. The first-order chi connectivity index (χ1) is 12.0. The van der Waals surface area contributed by atoms with Gasteiger partial charge in [-0.2, -0.15) is 0 Å². The normalized spacial score (nSPS) is 12.3. The maximum Gasteiger partial charge on any atom is 0.262 e. The summed E-state index contributed by atoms with van der Waals surface area (Å²) >= 11 is 0. The SMILES string of the molecule is Cc1ccc(N)cc1C(=O)NC(c1cccc2ccccc12)C(F)F. The molecule has 3 aromatic carbocycles. The number of alkyl halides is 2. The number of rotatable bonds is 4. The number of anilines is 1. The van der Waals surface area contributed by atoms with Crippen LogP contribution < -0.4 is 11.1 Å². The quantitative estimate of drug-likeness (QED) is 0.689. The van der Waals surface area contributed by atoms with Gasteiger partial charge in [0.25, 0.3) is 12.3 Å². The third-order valence-electron chi connectivity index (χ3n) is 4.20. The van der Waals surface area contributed by atoms with Crippen LogP contribution in [-0.4, -0.2) is 12.3 Å². The largest absolute Gasteiger partial charge is 0.399 e. The molecule has 0 radical (unpaired) electrons. The number of hydrogen-bond acceptors (Lipinski definition) is 2. The number of hydrogen-bond donors (Lipinski definition) is 2. The van der Waals surface area contributed by atoms with Gasteiger partial charge in [-0.05, 0) is 41.0 Å². The van der Waals surface area contributed by atoms with E-state index in [9.17, 15) is 13.6 Å². The van der Waals surface area contributed by atoms with Crippen molar-refractivity contribution in [3.8, 4) is 0 Å². The number of nitrogens with two attached hydrogens (primary N) is 1. The summed E-state index contributed by atoms with van der Waals surface area (Å²) in [7, 11) is 0. The molecule has 3 aromatic rings. The van der Waals surface area contributed by atoms with Crippen LogP contribution in [0.2, 0.25) is 0 Å². The molecule has 3 rings (SSSR count). The van der Waals surface area contributed by atoms with Gasteiger partial charge >= 0.3 is 0 Å². The molecule has 1 atom stereocenters. The number of carbonyl (C=O) groups excluding carboxylic acids is 1. The minimum Gasteiger partial charge on any atom is -0.399 e. The number of benzene rings is 3. The van der Waals surface area contributed by atoms with Crippen LogP contribution in [0.1, 0.15) is 27.5 Å². The molecule has 0 spiro atoms. The maximum absolute atomic E-state index is 13.7. The van der Waals surface area contributed by atoms with Gasteiger partial charge in [-0.15, -0.1) is 0 Å². The van der Waals surface area contributed by atoms with E-state index in [-0.39, 0.29) is 0 Å². The molecule has 0 fully saturated rings. The third-order valence-corrected chi connectivity index (χ3v) is 4.20. The highest BCUT2D eigenvalue weighted by molar-refractivity contribution is 5.97. The van der Waals surface area contributed by atoms with E-state index < -0.39 is 18.4 Å². The second kappa shape index (κ2) is 6.89. The zero-order valence-electron chi connectivity index (χ0n) is 13.7. The lowest BCUT2D eigenvalue weighted by molar-refractivity contribution is 0.0746. The zero-order valence-corrected chi connectivity index (χ0v) is 13.7. The lowest BCUT2D eigenvalue weighted by Gasteiger charge is -2.21. The van der Waals surface area contributed by atoms with Crippen LogP contribution >= 0.6 is 0 Å². The van der Waals surface area contributed by atoms with Gasteiger partial charge in [-0.25, -0.2) is 8.78 Å². The molecule has 0 aliphatic heterocycles. The first-order valence-electron chi connectivity index (χ1n) is 7.90. The third kappa shape index (κ3) is 3.45. The molecule has 0 aromatic heterocycles. The van der Waals surface area contributed by atoms with Gasteiger partial charge in [0.05, 0.1) is 0 Å². The molecule has 3 nitrogen and oxygen atoms in total. The van der Waals surface area contributed by atoms with E-state index in [2.05, 4.69) is 5.32 Å². The summed E-state index contributed by atoms with van der Waals surface area (Å²) in [5.41, 5.74) is 7.49. The van der Waals surface area contributed by atoms with Gasteiger partial charge in [0.15, 0.2) is 0 Å². The lowest BCUT2D eigenvalue weighted by Crippen LogP contribution is -2.33. The number of nitrogens with one attached hydrogen (secondary N) is 1. The van der Waals surface area contributed by atoms with Crippen molar-refractivity contribution in [3.63, 3.8) is 0 Å². The molecule has 1 amide bonds. The molecule has 0 aliphatic carbocycles. The van der Waals surface area contributed by atoms with E-state index in [1.165, 1.54) is 6.07 Å². The Morgan fingerprint density at radius 3 is 2.52 bits per heavy atom. The molecule has 128 valence electrons. The molecule has 0 aliphatic rings. The van der Waals surface area contributed by atoms with Crippen LogP contribution in [0.3, 0.4) is 0 Å². The van der Waals surface area contributed by atoms with E-state index in [4.69, 9.17) is 5.73 Å². The van der Waals surface area contributed by atoms with E-state index in [1.54, 1.807) is 43.3 Å². The topological polar surface area (TPSA) is 55.1 Å². The Morgan fingerprint density at radius 1 is 1.04 bits per heavy atom. The molecule has 25 heavy (non-hydrogen) atoms. The fourth-order valence-electron chi connectivity index (χ4n) is 2.90. The van der Waals surface area contributed by atoms with Gasteiger partial charge in [0.2, 0.25) is 0 Å². The fourth-order valence-corrected chi connectivity index (χ4v) is 2.90. The first-order valence-corrected chi connectivity index (χ1v) is 7.90. The highest BCUT2D eigenvalue weighted by Crippen LogP contribution is 2.29. The maximum atomic E-state index is 13.7. The van der Waals surface area contributed by atoms with Crippen molar-refractivity contribution in [2.75, 3.05) is 5.73 Å². The van der Waals surface area contributed by atoms with Gasteiger partial charge in [0, 0.05) is 11.3 Å². The van der Waals surface area contributed by atoms with Gasteiger partial charge in [-0.1, -0.05) is 48.5 Å². The summed E-state index contributed by atoms with van der Waals surface area (Å²) in [6.07, 6.45) is -2.74. The average molecular weight is 340 g/mol. The van der Waals surface area contributed by atoms with E-state index in [0.29, 0.717) is 27.8 Å². The van der Waals surface area contributed by atoms with Crippen LogP contribution in [0, 0.1) is 6.92 Å². The molecular weight excluding hydrogens is 322 g/mol. The van der Waals surface area contributed by atoms with Crippen LogP contribution in [0.4, 0.5) is 14.5 Å². The second-order valence-corrected chi connectivity index (χ2v) is 5.93. The Hall–Kier alpha value is -2.95. The predicted octanol–water partition coefficient (Wildman–Crippen LogP) is 4.47. The fraction of sp³-hybridized carbons (Fsp3) is 0.150. The number of carbonyl (C=O) groups is 1. The summed E-state index contributed by atoms with van der Waals surface area (Å²) in [6, 6.07) is 15.9. The van der Waals surface area contributed by atoms with Crippen molar-refractivity contribution < 1.29 is 13.6 Å². The van der Waals surface area contributed by atoms with Crippen molar-refractivity contribution in [3.05, 3.63) is 77.4 Å². The summed E-state index contributed by atoms with van der Waals surface area (Å²) in [6.45, 7) is 1.74. The molecule has 0 saturated heterocycles. The molecular formula is C20H18F2N2O. The standard InChI is InChI=1S/C20H18F2N2O/c1-12-9-10-14(23)11-17(12)20(25)24-18(19(21)22)16-8-4-6-13-5-2-3-7-15(13)16/h2-11,18-19H,23H2,1H3,(H,24,25). The monoisotopic (exact) mass is 340 g/mol. The Balaban J connectivity index is 1.99. The Morgan fingerprint density at radius 2 is 1.76 bits per heavy atom. The second-order valence-electron chi connectivity index (χ2n) is 5.93. The van der Waals surface area contributed by atoms with Crippen LogP contribution in [0.5, 0.6) is 0 Å². The van der Waals surface area contributed by atoms with Crippen molar-refractivity contribution in [2.45, 2.75) is 19.4 Å². The first kappa shape index (κ1) is 16.9. The zero-order chi connectivity index (χ0) is 18.0. The Labute approximate surface area is 144 Å². The molecule has 0 heterocycles. The number of amides is 1. The number of fused-ring (bicyclic) bond motifs is 1. The van der Waals surface area contributed by atoms with Gasteiger partial charge in [0.1, 0.15) is 6.04 Å². The highest BCUT2D eigenvalue weighted by atomic mass is 19.3. The molecule has 0 bridgehead atoms. The van der Waals surface area contributed by atoms with Gasteiger partial charge < -0.3 is 11.1 Å². The summed E-state index contributed by atoms with van der Waals surface area (Å²) in [4.78, 5) is 12.5. The van der Waals surface area contributed by atoms with Crippen LogP contribution in [-0.2, 0) is 0 Å². The van der Waals surface area contributed by atoms with Crippen molar-refractivity contribution in [2.24, 2.45) is 0 Å². The number of nitrogen functional groups attached to an aromatic ring is 1. The number of halogens is 2. The minimum absolute atomic E-state index is 0.297. The van der Waals surface area contributed by atoms with Crippen LogP contribution in [0.15, 0.2) is 60.7 Å². The Kier molecular flexibility index (Phi) is 4.65. The summed E-state index contributed by atoms with van der Waals surface area (Å²) < 4.78 is 27.5. The average Bonchev–Trinajstić information content (AvgIpc) is 2.61. The molecule has 5 heteroatoms. The van der Waals surface area contributed by atoms with E-state index >= 15 is 0 Å². The van der Waals surface area contributed by atoms with E-state index in [1.807, 2.05) is 18.2 Å². The van der Waals surface area contributed by atoms with Crippen molar-refractivity contribution >= 4 is 22.4 Å². The van der Waals surface area contributed by atoms with Crippen molar-refractivity contribution in [1.29, 1.82) is 0 Å². The van der Waals surface area contributed by atoms with Gasteiger partial charge in [-0.3, -0.25) is 4.79 Å². The predicted molar refractivity (Wildman–Crippen MR) is 95.8 cm³/mol.